The van der Waals surface area contributed by atoms with E-state index in [-0.39, 0.29) is 36.1 Å². The lowest BCUT2D eigenvalue weighted by atomic mass is 10.1. The Morgan fingerprint density at radius 3 is 1.62 bits per heavy atom. The fraction of sp³-hybridized carbons (Fsp3) is 0.263. The van der Waals surface area contributed by atoms with E-state index < -0.39 is 0 Å². The Kier molecular flexibility index (Phi) is 14.2. The highest BCUT2D eigenvalue weighted by molar-refractivity contribution is 9.11. The molecule has 3 aliphatic heterocycles. The first-order chi connectivity index (χ1) is 25.6. The van der Waals surface area contributed by atoms with Crippen molar-refractivity contribution in [2.75, 3.05) is 41.5 Å². The number of halogens is 3. The lowest BCUT2D eigenvalue weighted by Crippen LogP contribution is -2.34. The number of hydrogen-bond acceptors (Lipinski definition) is 10. The lowest BCUT2D eigenvalue weighted by molar-refractivity contribution is -0.115. The summed E-state index contributed by atoms with van der Waals surface area (Å²) in [6.45, 7) is 0.693. The second kappa shape index (κ2) is 18.9. The van der Waals surface area contributed by atoms with Crippen molar-refractivity contribution in [2.45, 2.75) is 25.7 Å². The molecule has 2 N–H and O–H groups in total. The van der Waals surface area contributed by atoms with E-state index in [1.807, 2.05) is 54.6 Å². The van der Waals surface area contributed by atoms with Crippen LogP contribution in [0.15, 0.2) is 90.5 Å². The SMILES string of the molecule is CO/N=C1/Cc2ccc(c(Br)c2)Oc2cc(cc(Br)c2OC)C/C(=N/OC)C(=O)NCCc2ccc(OC)c(c2)Oc2ccc(cc2Br)CCNC1=O. The van der Waals surface area contributed by atoms with Crippen molar-refractivity contribution in [1.29, 1.82) is 0 Å². The Morgan fingerprint density at radius 1 is 0.566 bits per heavy atom. The van der Waals surface area contributed by atoms with Crippen LogP contribution in [0, 0.1) is 0 Å². The summed E-state index contributed by atoms with van der Waals surface area (Å²) in [5, 5.41) is 13.9. The van der Waals surface area contributed by atoms with Gasteiger partial charge in [-0.2, -0.15) is 0 Å². The van der Waals surface area contributed by atoms with Crippen LogP contribution in [0.3, 0.4) is 0 Å². The number of oxime groups is 2. The maximum absolute atomic E-state index is 13.4. The van der Waals surface area contributed by atoms with Gasteiger partial charge in [-0.1, -0.05) is 28.5 Å². The number of hydrogen-bond donors (Lipinski definition) is 2. The van der Waals surface area contributed by atoms with E-state index in [2.05, 4.69) is 68.7 Å². The van der Waals surface area contributed by atoms with Crippen LogP contribution >= 0.6 is 47.8 Å². The molecule has 0 unspecified atom stereocenters. The van der Waals surface area contributed by atoms with E-state index in [9.17, 15) is 9.59 Å². The van der Waals surface area contributed by atoms with Crippen LogP contribution in [-0.2, 0) is 44.9 Å². The quantitative estimate of drug-likeness (QED) is 0.199. The summed E-state index contributed by atoms with van der Waals surface area (Å²) < 4.78 is 25.8. The molecular formula is C38H37Br3N4O8. The third-order valence-corrected chi connectivity index (χ3v) is 9.83. The molecule has 0 radical (unpaired) electrons. The highest BCUT2D eigenvalue weighted by Gasteiger charge is 2.20. The van der Waals surface area contributed by atoms with Gasteiger partial charge in [-0.25, -0.2) is 0 Å². The third-order valence-electron chi connectivity index (χ3n) is 8.00. The van der Waals surface area contributed by atoms with Crippen molar-refractivity contribution >= 4 is 71.0 Å². The molecule has 8 bridgehead atoms. The minimum atomic E-state index is -0.383. The summed E-state index contributed by atoms with van der Waals surface area (Å²) in [4.78, 5) is 36.6. The average Bonchev–Trinajstić information content (AvgIpc) is 3.13. The molecule has 3 aliphatic rings. The fourth-order valence-corrected chi connectivity index (χ4v) is 7.14. The van der Waals surface area contributed by atoms with Crippen LogP contribution < -0.4 is 29.6 Å². The number of nitrogens with one attached hydrogen (secondary N) is 2. The normalized spacial score (nSPS) is 15.8. The largest absolute Gasteiger partial charge is 0.493 e. The van der Waals surface area contributed by atoms with Crippen LogP contribution in [0.2, 0.25) is 0 Å². The van der Waals surface area contributed by atoms with Gasteiger partial charge in [0.05, 0.1) is 27.6 Å². The Hall–Kier alpha value is -4.60. The van der Waals surface area contributed by atoms with Crippen LogP contribution in [0.5, 0.6) is 34.5 Å². The minimum absolute atomic E-state index is 0.136. The van der Waals surface area contributed by atoms with Crippen molar-refractivity contribution in [1.82, 2.24) is 10.6 Å². The van der Waals surface area contributed by atoms with Crippen molar-refractivity contribution < 1.29 is 38.2 Å². The minimum Gasteiger partial charge on any atom is -0.493 e. The van der Waals surface area contributed by atoms with Crippen LogP contribution in [0.25, 0.3) is 0 Å². The number of carbonyl (C=O) groups is 2. The average molecular weight is 917 g/mol. The molecule has 278 valence electrons. The van der Waals surface area contributed by atoms with Gasteiger partial charge in [-0.3, -0.25) is 9.59 Å². The van der Waals surface area contributed by atoms with Crippen molar-refractivity contribution in [3.05, 3.63) is 102 Å². The molecule has 53 heavy (non-hydrogen) atoms. The van der Waals surface area contributed by atoms with Gasteiger partial charge < -0.3 is 39.3 Å². The predicted molar refractivity (Wildman–Crippen MR) is 212 cm³/mol. The Bertz CT molecular complexity index is 2040. The van der Waals surface area contributed by atoms with Gasteiger partial charge in [-0.05, 0) is 131 Å². The number of fused-ring (bicyclic) bond motifs is 2. The van der Waals surface area contributed by atoms with Gasteiger partial charge in [-0.15, -0.1) is 0 Å². The van der Waals surface area contributed by atoms with Gasteiger partial charge in [0.2, 0.25) is 0 Å². The fourth-order valence-electron chi connectivity index (χ4n) is 5.47. The lowest BCUT2D eigenvalue weighted by Gasteiger charge is -2.16. The van der Waals surface area contributed by atoms with Gasteiger partial charge in [0.25, 0.3) is 11.8 Å². The monoisotopic (exact) mass is 914 g/mol. The van der Waals surface area contributed by atoms with E-state index >= 15 is 0 Å². The van der Waals surface area contributed by atoms with Crippen molar-refractivity contribution in [2.24, 2.45) is 10.3 Å². The summed E-state index contributed by atoms with van der Waals surface area (Å²) in [6.07, 6.45) is 1.41. The number of benzene rings is 4. The molecule has 15 heteroatoms. The third kappa shape index (κ3) is 10.5. The Morgan fingerprint density at radius 2 is 1.06 bits per heavy atom. The molecule has 0 spiro atoms. The number of amides is 2. The van der Waals surface area contributed by atoms with Gasteiger partial charge in [0, 0.05) is 25.9 Å². The second-order valence-corrected chi connectivity index (χ2v) is 14.2. The Labute approximate surface area is 332 Å². The molecule has 0 atom stereocenters. The summed E-state index contributed by atoms with van der Waals surface area (Å²) in [7, 11) is 5.90. The summed E-state index contributed by atoms with van der Waals surface area (Å²) in [5.74, 6) is 2.27. The first kappa shape index (κ1) is 39.6. The maximum atomic E-state index is 13.4. The molecule has 4 aromatic rings. The summed E-state index contributed by atoms with van der Waals surface area (Å²) in [5.41, 5.74) is 3.77. The topological polar surface area (TPSA) is 138 Å². The number of nitrogens with zero attached hydrogens (tertiary/aromatic N) is 2. The molecule has 0 aromatic heterocycles. The van der Waals surface area contributed by atoms with Crippen LogP contribution in [-0.4, -0.2) is 64.8 Å². The number of ether oxygens (including phenoxy) is 4. The molecule has 4 aromatic carbocycles. The molecule has 7 rings (SSSR count). The van der Waals surface area contributed by atoms with E-state index in [0.29, 0.717) is 74.9 Å². The predicted octanol–water partition coefficient (Wildman–Crippen LogP) is 7.70. The number of methoxy groups -OCH3 is 2. The first-order valence-electron chi connectivity index (χ1n) is 16.3. The van der Waals surface area contributed by atoms with E-state index in [0.717, 1.165) is 21.2 Å². The number of rotatable bonds is 4. The molecule has 0 saturated heterocycles. The Balaban J connectivity index is 1.48. The number of carbonyl (C=O) groups excluding carboxylic acids is 2. The summed E-state index contributed by atoms with van der Waals surface area (Å²) >= 11 is 10.8. The molecular weight excluding hydrogens is 880 g/mol. The van der Waals surface area contributed by atoms with Crippen molar-refractivity contribution in [3.8, 4) is 34.5 Å². The maximum Gasteiger partial charge on any atom is 0.269 e. The molecule has 0 fully saturated rings. The zero-order chi connectivity index (χ0) is 37.9. The van der Waals surface area contributed by atoms with Crippen LogP contribution in [0.1, 0.15) is 22.3 Å². The molecule has 0 aliphatic carbocycles. The van der Waals surface area contributed by atoms with Crippen LogP contribution in [0.4, 0.5) is 0 Å². The second-order valence-electron chi connectivity index (χ2n) is 11.6. The highest BCUT2D eigenvalue weighted by Crippen LogP contribution is 2.41. The zero-order valence-corrected chi connectivity index (χ0v) is 34.1. The standard InChI is InChI=1S/C38H37Br3N4O8/c1-48-33-10-6-23-12-14-43-38(47)30(45-51-4)19-25-17-28(41)36(49-2)35(21-25)53-32-9-7-24(16-27(32)40)18-29(44-50-3)37(46)42-13-11-22-5-8-31(26(39)15-22)52-34(33)20-23/h5-10,15-17,20-21H,11-14,18-19H2,1-4H3,(H,42,46)(H,43,47)/b44-29-,45-30-. The van der Waals surface area contributed by atoms with Crippen molar-refractivity contribution in [3.63, 3.8) is 0 Å². The molecule has 12 nitrogen and oxygen atoms in total. The molecule has 2 amide bonds. The smallest absolute Gasteiger partial charge is 0.269 e. The highest BCUT2D eigenvalue weighted by atomic mass is 79.9. The van der Waals surface area contributed by atoms with Gasteiger partial charge in [0.1, 0.15) is 37.1 Å². The van der Waals surface area contributed by atoms with Gasteiger partial charge in [0.15, 0.2) is 23.0 Å². The molecule has 3 heterocycles. The molecule has 0 saturated carbocycles. The van der Waals surface area contributed by atoms with Gasteiger partial charge >= 0.3 is 0 Å². The zero-order valence-electron chi connectivity index (χ0n) is 29.4. The first-order valence-corrected chi connectivity index (χ1v) is 18.7. The summed E-state index contributed by atoms with van der Waals surface area (Å²) in [6, 6.07) is 20.4. The van der Waals surface area contributed by atoms with E-state index in [1.54, 1.807) is 19.2 Å². The van der Waals surface area contributed by atoms with E-state index in [1.165, 1.54) is 21.3 Å². The van der Waals surface area contributed by atoms with E-state index in [4.69, 9.17) is 28.6 Å².